The van der Waals surface area contributed by atoms with Crippen molar-refractivity contribution < 1.29 is 14.0 Å². The minimum absolute atomic E-state index is 0.206. The second kappa shape index (κ2) is 7.21. The smallest absolute Gasteiger partial charge is 0.270 e. The van der Waals surface area contributed by atoms with Crippen LogP contribution in [0.25, 0.3) is 0 Å². The normalized spacial score (nSPS) is 13.4. The van der Waals surface area contributed by atoms with Crippen molar-refractivity contribution in [2.45, 2.75) is 25.3 Å². The van der Waals surface area contributed by atoms with E-state index in [0.717, 1.165) is 18.4 Å². The highest BCUT2D eigenvalue weighted by Gasteiger charge is 2.24. The van der Waals surface area contributed by atoms with Crippen molar-refractivity contribution in [2.24, 2.45) is 0 Å². The summed E-state index contributed by atoms with van der Waals surface area (Å²) in [5, 5.41) is 5.60. The van der Waals surface area contributed by atoms with E-state index in [-0.39, 0.29) is 35.1 Å². The van der Waals surface area contributed by atoms with Crippen LogP contribution in [-0.2, 0) is 6.42 Å². The molecule has 1 fully saturated rings. The monoisotopic (exact) mass is 327 g/mol. The molecule has 5 nitrogen and oxygen atoms in total. The minimum Gasteiger partial charge on any atom is -0.350 e. The second-order valence-corrected chi connectivity index (χ2v) is 5.79. The van der Waals surface area contributed by atoms with Crippen molar-refractivity contribution in [3.8, 4) is 0 Å². The summed E-state index contributed by atoms with van der Waals surface area (Å²) in [6.07, 6.45) is 2.58. The van der Waals surface area contributed by atoms with E-state index >= 15 is 0 Å². The molecule has 1 aromatic heterocycles. The van der Waals surface area contributed by atoms with Crippen molar-refractivity contribution in [1.29, 1.82) is 0 Å². The largest absolute Gasteiger partial charge is 0.350 e. The number of nitrogens with zero attached hydrogens (tertiary/aromatic N) is 1. The molecule has 24 heavy (non-hydrogen) atoms. The predicted molar refractivity (Wildman–Crippen MR) is 87.2 cm³/mol. The highest BCUT2D eigenvalue weighted by atomic mass is 19.1. The zero-order chi connectivity index (χ0) is 16.9. The molecule has 0 spiro atoms. The van der Waals surface area contributed by atoms with Gasteiger partial charge in [0.05, 0.1) is 0 Å². The average Bonchev–Trinajstić information content (AvgIpc) is 3.40. The van der Waals surface area contributed by atoms with Crippen molar-refractivity contribution in [3.63, 3.8) is 0 Å². The molecule has 1 aliphatic carbocycles. The van der Waals surface area contributed by atoms with Crippen LogP contribution in [0.1, 0.15) is 39.4 Å². The quantitative estimate of drug-likeness (QED) is 0.853. The highest BCUT2D eigenvalue weighted by Crippen LogP contribution is 2.19. The van der Waals surface area contributed by atoms with Gasteiger partial charge in [0.2, 0.25) is 0 Å². The van der Waals surface area contributed by atoms with E-state index in [2.05, 4.69) is 15.6 Å². The fourth-order valence-corrected chi connectivity index (χ4v) is 2.24. The second-order valence-electron chi connectivity index (χ2n) is 5.79. The summed E-state index contributed by atoms with van der Waals surface area (Å²) >= 11 is 0. The van der Waals surface area contributed by atoms with Crippen LogP contribution in [-0.4, -0.2) is 29.4 Å². The van der Waals surface area contributed by atoms with Crippen LogP contribution in [0.2, 0.25) is 0 Å². The van der Waals surface area contributed by atoms with Gasteiger partial charge in [-0.05, 0) is 49.1 Å². The van der Waals surface area contributed by atoms with Crippen LogP contribution < -0.4 is 10.6 Å². The summed E-state index contributed by atoms with van der Waals surface area (Å²) < 4.78 is 12.8. The Balaban J connectivity index is 1.54. The Bertz CT molecular complexity index is 742. The summed E-state index contributed by atoms with van der Waals surface area (Å²) in [6, 6.07) is 11.2. The highest BCUT2D eigenvalue weighted by molar-refractivity contribution is 5.96. The minimum atomic E-state index is -0.335. The molecule has 124 valence electrons. The van der Waals surface area contributed by atoms with E-state index in [1.165, 1.54) is 12.1 Å². The number of halogens is 1. The number of rotatable bonds is 6. The third kappa shape index (κ3) is 4.38. The zero-order valence-corrected chi connectivity index (χ0v) is 13.1. The van der Waals surface area contributed by atoms with Crippen LogP contribution >= 0.6 is 0 Å². The molecule has 2 aromatic rings. The molecule has 1 saturated carbocycles. The number of hydrogen-bond donors (Lipinski definition) is 2. The van der Waals surface area contributed by atoms with E-state index in [1.54, 1.807) is 30.3 Å². The van der Waals surface area contributed by atoms with Gasteiger partial charge in [0.25, 0.3) is 11.8 Å². The lowest BCUT2D eigenvalue weighted by Gasteiger charge is -2.07. The first-order chi connectivity index (χ1) is 11.6. The third-order valence-corrected chi connectivity index (χ3v) is 3.74. The Morgan fingerprint density at radius 2 is 1.71 bits per heavy atom. The lowest BCUT2D eigenvalue weighted by molar-refractivity contribution is 0.0943. The number of aromatic nitrogens is 1. The van der Waals surface area contributed by atoms with Crippen LogP contribution in [0, 0.1) is 5.82 Å². The molecule has 0 saturated heterocycles. The average molecular weight is 327 g/mol. The van der Waals surface area contributed by atoms with E-state index < -0.39 is 0 Å². The maximum Gasteiger partial charge on any atom is 0.270 e. The van der Waals surface area contributed by atoms with Crippen LogP contribution in [0.15, 0.2) is 42.5 Å². The van der Waals surface area contributed by atoms with E-state index in [1.807, 2.05) is 0 Å². The topological polar surface area (TPSA) is 71.1 Å². The number of carbonyl (C=O) groups is 2. The SMILES string of the molecule is O=C(NCCc1ccc(F)cc1)c1cccc(C(=O)NC2CC2)n1. The van der Waals surface area contributed by atoms with Crippen molar-refractivity contribution in [2.75, 3.05) is 6.54 Å². The molecule has 2 N–H and O–H groups in total. The lowest BCUT2D eigenvalue weighted by atomic mass is 10.1. The van der Waals surface area contributed by atoms with Gasteiger partial charge in [-0.25, -0.2) is 9.37 Å². The first kappa shape index (κ1) is 16.1. The van der Waals surface area contributed by atoms with Crippen LogP contribution in [0.4, 0.5) is 4.39 Å². The molecule has 0 radical (unpaired) electrons. The molecule has 2 amide bonds. The fourth-order valence-electron chi connectivity index (χ4n) is 2.24. The van der Waals surface area contributed by atoms with Gasteiger partial charge in [0.15, 0.2) is 0 Å². The number of nitrogens with one attached hydrogen (secondary N) is 2. The molecule has 1 aromatic carbocycles. The van der Waals surface area contributed by atoms with E-state index in [4.69, 9.17) is 0 Å². The molecule has 6 heteroatoms. The zero-order valence-electron chi connectivity index (χ0n) is 13.1. The Morgan fingerprint density at radius 1 is 1.04 bits per heavy atom. The molecule has 3 rings (SSSR count). The van der Waals surface area contributed by atoms with Crippen molar-refractivity contribution >= 4 is 11.8 Å². The molecular formula is C18H18FN3O2. The van der Waals surface area contributed by atoms with E-state index in [9.17, 15) is 14.0 Å². The summed E-state index contributed by atoms with van der Waals surface area (Å²) in [5.74, 6) is -0.870. The number of amides is 2. The third-order valence-electron chi connectivity index (χ3n) is 3.74. The van der Waals surface area contributed by atoms with Gasteiger partial charge in [-0.1, -0.05) is 18.2 Å². The summed E-state index contributed by atoms with van der Waals surface area (Å²) in [7, 11) is 0. The van der Waals surface area contributed by atoms with Gasteiger partial charge in [0, 0.05) is 12.6 Å². The first-order valence-corrected chi connectivity index (χ1v) is 7.92. The maximum absolute atomic E-state index is 12.8. The molecule has 0 aliphatic heterocycles. The molecule has 1 heterocycles. The molecule has 0 unspecified atom stereocenters. The van der Waals surface area contributed by atoms with Crippen LogP contribution in [0.3, 0.4) is 0 Å². The number of benzene rings is 1. The summed E-state index contributed by atoms with van der Waals surface area (Å²) in [5.41, 5.74) is 1.38. The van der Waals surface area contributed by atoms with Gasteiger partial charge < -0.3 is 10.6 Å². The first-order valence-electron chi connectivity index (χ1n) is 7.92. The lowest BCUT2D eigenvalue weighted by Crippen LogP contribution is -2.29. The predicted octanol–water partition coefficient (Wildman–Crippen LogP) is 2.09. The van der Waals surface area contributed by atoms with Gasteiger partial charge in [-0.15, -0.1) is 0 Å². The number of pyridine rings is 1. The Kier molecular flexibility index (Phi) is 4.84. The van der Waals surface area contributed by atoms with Gasteiger partial charge in [-0.3, -0.25) is 9.59 Å². The molecule has 0 bridgehead atoms. The maximum atomic E-state index is 12.8. The fraction of sp³-hybridized carbons (Fsp3) is 0.278. The summed E-state index contributed by atoms with van der Waals surface area (Å²) in [4.78, 5) is 28.2. The standard InChI is InChI=1S/C18H18FN3O2/c19-13-6-4-12(5-7-13)10-11-20-17(23)15-2-1-3-16(22-15)18(24)21-14-8-9-14/h1-7,14H,8-11H2,(H,20,23)(H,21,24). The number of hydrogen-bond acceptors (Lipinski definition) is 3. The van der Waals surface area contributed by atoms with Gasteiger partial charge in [-0.2, -0.15) is 0 Å². The van der Waals surface area contributed by atoms with Crippen LogP contribution in [0.5, 0.6) is 0 Å². The number of carbonyl (C=O) groups excluding carboxylic acids is 2. The Morgan fingerprint density at radius 3 is 2.38 bits per heavy atom. The van der Waals surface area contributed by atoms with E-state index in [0.29, 0.717) is 13.0 Å². The Hall–Kier alpha value is -2.76. The van der Waals surface area contributed by atoms with Crippen molar-refractivity contribution in [1.82, 2.24) is 15.6 Å². The van der Waals surface area contributed by atoms with Gasteiger partial charge >= 0.3 is 0 Å². The summed E-state index contributed by atoms with van der Waals surface area (Å²) in [6.45, 7) is 0.407. The molecular weight excluding hydrogens is 309 g/mol. The molecule has 1 aliphatic rings. The van der Waals surface area contributed by atoms with Crippen molar-refractivity contribution in [3.05, 3.63) is 65.2 Å². The molecule has 0 atom stereocenters. The van der Waals surface area contributed by atoms with Gasteiger partial charge in [0.1, 0.15) is 17.2 Å². The Labute approximate surface area is 139 Å².